The second-order valence-electron chi connectivity index (χ2n) is 5.93. The summed E-state index contributed by atoms with van der Waals surface area (Å²) in [5, 5.41) is 3.81. The second kappa shape index (κ2) is 4.52. The molecule has 1 aliphatic heterocycles. The van der Waals surface area contributed by atoms with E-state index in [1.165, 1.54) is 28.8 Å². The maximum Gasteiger partial charge on any atom is 0.0554 e. The number of nitrogens with one attached hydrogen (secondary N) is 1. The smallest absolute Gasteiger partial charge is 0.0554 e. The molecule has 2 aromatic carbocycles. The minimum absolute atomic E-state index is 0.421. The molecule has 1 N–H and O–H groups in total. The molecule has 0 radical (unpaired) electrons. The van der Waals surface area contributed by atoms with Crippen LogP contribution in [0.5, 0.6) is 0 Å². The lowest BCUT2D eigenvalue weighted by Crippen LogP contribution is -2.29. The Morgan fingerprint density at radius 1 is 1.00 bits per heavy atom. The Morgan fingerprint density at radius 2 is 1.85 bits per heavy atom. The van der Waals surface area contributed by atoms with Gasteiger partial charge in [-0.05, 0) is 36.0 Å². The van der Waals surface area contributed by atoms with Gasteiger partial charge in [0.25, 0.3) is 0 Å². The molecule has 0 saturated carbocycles. The van der Waals surface area contributed by atoms with Gasteiger partial charge < -0.3 is 5.32 Å². The molecule has 1 heterocycles. The number of hydrogen-bond acceptors (Lipinski definition) is 1. The molecule has 2 aliphatic rings. The van der Waals surface area contributed by atoms with E-state index >= 15 is 0 Å². The van der Waals surface area contributed by atoms with Gasteiger partial charge in [-0.2, -0.15) is 0 Å². The predicted octanol–water partition coefficient (Wildman–Crippen LogP) is 4.82. The molecule has 0 aromatic heterocycles. The molecule has 1 aliphatic carbocycles. The Balaban J connectivity index is 1.83. The van der Waals surface area contributed by atoms with Crippen molar-refractivity contribution in [1.29, 1.82) is 0 Å². The van der Waals surface area contributed by atoms with Crippen molar-refractivity contribution in [3.8, 4) is 0 Å². The van der Waals surface area contributed by atoms with Crippen molar-refractivity contribution < 1.29 is 0 Å². The normalized spacial score (nSPS) is 26.8. The highest BCUT2D eigenvalue weighted by Gasteiger charge is 2.37. The zero-order valence-corrected chi connectivity index (χ0v) is 11.7. The molecule has 3 atom stereocenters. The zero-order chi connectivity index (χ0) is 13.5. The summed E-state index contributed by atoms with van der Waals surface area (Å²) in [5.41, 5.74) is 5.56. The Labute approximate surface area is 120 Å². The fourth-order valence-corrected chi connectivity index (χ4v) is 3.77. The molecule has 0 fully saturated rings. The summed E-state index contributed by atoms with van der Waals surface area (Å²) in [7, 11) is 0. The van der Waals surface area contributed by atoms with E-state index < -0.39 is 0 Å². The number of rotatable bonds is 1. The first-order valence-electron chi connectivity index (χ1n) is 7.42. The van der Waals surface area contributed by atoms with E-state index in [0.29, 0.717) is 17.9 Å². The number of anilines is 1. The monoisotopic (exact) mass is 261 g/mol. The fraction of sp³-hybridized carbons (Fsp3) is 0.263. The summed E-state index contributed by atoms with van der Waals surface area (Å²) in [6.45, 7) is 2.20. The maximum absolute atomic E-state index is 3.81. The van der Waals surface area contributed by atoms with Gasteiger partial charge in [-0.3, -0.25) is 0 Å². The molecular formula is C19H19N. The first-order chi connectivity index (χ1) is 9.84. The van der Waals surface area contributed by atoms with E-state index in [1.54, 1.807) is 0 Å². The number of benzene rings is 2. The van der Waals surface area contributed by atoms with Crippen LogP contribution in [0.3, 0.4) is 0 Å². The summed E-state index contributed by atoms with van der Waals surface area (Å²) in [6, 6.07) is 18.0. The van der Waals surface area contributed by atoms with Crippen LogP contribution in [0.4, 0.5) is 5.69 Å². The third-order valence-corrected chi connectivity index (χ3v) is 4.76. The number of fused-ring (bicyclic) bond motifs is 3. The van der Waals surface area contributed by atoms with Crippen LogP contribution in [0.25, 0.3) is 0 Å². The fourth-order valence-electron chi connectivity index (χ4n) is 3.77. The van der Waals surface area contributed by atoms with Gasteiger partial charge in [0.15, 0.2) is 0 Å². The highest BCUT2D eigenvalue weighted by atomic mass is 15.0. The van der Waals surface area contributed by atoms with Gasteiger partial charge in [0.2, 0.25) is 0 Å². The first kappa shape index (κ1) is 11.8. The average molecular weight is 261 g/mol. The SMILES string of the molecule is Cc1cccc2c1N[C@H](c1ccccc1)[C@H]1CC=C[C@H]21. The molecule has 20 heavy (non-hydrogen) atoms. The van der Waals surface area contributed by atoms with Crippen molar-refractivity contribution in [1.82, 2.24) is 0 Å². The van der Waals surface area contributed by atoms with Crippen molar-refractivity contribution >= 4 is 5.69 Å². The van der Waals surface area contributed by atoms with Crippen LogP contribution in [-0.4, -0.2) is 0 Å². The maximum atomic E-state index is 3.81. The Bertz CT molecular complexity index is 657. The Kier molecular flexibility index (Phi) is 2.66. The summed E-state index contributed by atoms with van der Waals surface area (Å²) in [5.74, 6) is 1.21. The minimum Gasteiger partial charge on any atom is -0.377 e. The third kappa shape index (κ3) is 1.70. The molecule has 4 rings (SSSR count). The van der Waals surface area contributed by atoms with Crippen molar-refractivity contribution in [2.75, 3.05) is 5.32 Å². The van der Waals surface area contributed by atoms with Gasteiger partial charge >= 0.3 is 0 Å². The number of allylic oxidation sites excluding steroid dienone is 2. The van der Waals surface area contributed by atoms with Gasteiger partial charge in [0.1, 0.15) is 0 Å². The third-order valence-electron chi connectivity index (χ3n) is 4.76. The topological polar surface area (TPSA) is 12.0 Å². The summed E-state index contributed by atoms with van der Waals surface area (Å²) >= 11 is 0. The van der Waals surface area contributed by atoms with E-state index in [4.69, 9.17) is 0 Å². The van der Waals surface area contributed by atoms with Crippen LogP contribution in [0, 0.1) is 12.8 Å². The minimum atomic E-state index is 0.421. The van der Waals surface area contributed by atoms with Crippen LogP contribution in [0.1, 0.15) is 35.1 Å². The van der Waals surface area contributed by atoms with E-state index in [2.05, 4.69) is 72.9 Å². The molecule has 1 nitrogen and oxygen atoms in total. The van der Waals surface area contributed by atoms with Crippen molar-refractivity contribution in [3.63, 3.8) is 0 Å². The Hall–Kier alpha value is -2.02. The van der Waals surface area contributed by atoms with E-state index in [9.17, 15) is 0 Å². The second-order valence-corrected chi connectivity index (χ2v) is 5.93. The zero-order valence-electron chi connectivity index (χ0n) is 11.7. The van der Waals surface area contributed by atoms with Gasteiger partial charge in [0.05, 0.1) is 6.04 Å². The predicted molar refractivity (Wildman–Crippen MR) is 84.0 cm³/mol. The van der Waals surface area contributed by atoms with Gasteiger partial charge in [0, 0.05) is 11.6 Å². The first-order valence-corrected chi connectivity index (χ1v) is 7.42. The van der Waals surface area contributed by atoms with Crippen molar-refractivity contribution in [3.05, 3.63) is 77.4 Å². The van der Waals surface area contributed by atoms with E-state index in [1.807, 2.05) is 0 Å². The molecule has 100 valence electrons. The van der Waals surface area contributed by atoms with Gasteiger partial charge in [-0.25, -0.2) is 0 Å². The average Bonchev–Trinajstić information content (AvgIpc) is 2.97. The van der Waals surface area contributed by atoms with Crippen LogP contribution in [0.2, 0.25) is 0 Å². The van der Waals surface area contributed by atoms with Crippen molar-refractivity contribution in [2.45, 2.75) is 25.3 Å². The Morgan fingerprint density at radius 3 is 2.70 bits per heavy atom. The van der Waals surface area contributed by atoms with Crippen LogP contribution < -0.4 is 5.32 Å². The van der Waals surface area contributed by atoms with Gasteiger partial charge in [-0.15, -0.1) is 0 Å². The van der Waals surface area contributed by atoms with Gasteiger partial charge in [-0.1, -0.05) is 60.7 Å². The number of para-hydroxylation sites is 1. The molecule has 0 spiro atoms. The summed E-state index contributed by atoms with van der Waals surface area (Å²) in [4.78, 5) is 0. The summed E-state index contributed by atoms with van der Waals surface area (Å²) < 4.78 is 0. The number of aryl methyl sites for hydroxylation is 1. The molecule has 0 bridgehead atoms. The molecule has 2 aromatic rings. The largest absolute Gasteiger partial charge is 0.377 e. The standard InChI is InChI=1S/C19H19N/c1-13-7-5-11-16-15-10-6-12-17(15)19(20-18(13)16)14-8-3-2-4-9-14/h2-11,15,17,19-20H,12H2,1H3/t15-,17+,19-/m1/s1. The van der Waals surface area contributed by atoms with Crippen LogP contribution in [-0.2, 0) is 0 Å². The quantitative estimate of drug-likeness (QED) is 0.726. The molecule has 0 amide bonds. The molecule has 1 heteroatoms. The molecule has 0 unspecified atom stereocenters. The van der Waals surface area contributed by atoms with Crippen molar-refractivity contribution in [2.24, 2.45) is 5.92 Å². The van der Waals surface area contributed by atoms with Crippen LogP contribution >= 0.6 is 0 Å². The highest BCUT2D eigenvalue weighted by Crippen LogP contribution is 2.50. The lowest BCUT2D eigenvalue weighted by atomic mass is 9.76. The van der Waals surface area contributed by atoms with E-state index in [-0.39, 0.29) is 0 Å². The molecule has 0 saturated heterocycles. The lowest BCUT2D eigenvalue weighted by molar-refractivity contribution is 0.425. The molecular weight excluding hydrogens is 242 g/mol. The lowest BCUT2D eigenvalue weighted by Gasteiger charge is -2.38. The summed E-state index contributed by atoms with van der Waals surface area (Å²) in [6.07, 6.45) is 5.93. The van der Waals surface area contributed by atoms with Crippen LogP contribution in [0.15, 0.2) is 60.7 Å². The van der Waals surface area contributed by atoms with E-state index in [0.717, 1.165) is 0 Å². The highest BCUT2D eigenvalue weighted by molar-refractivity contribution is 5.63. The number of hydrogen-bond donors (Lipinski definition) is 1.